The van der Waals surface area contributed by atoms with Crippen LogP contribution in [0.3, 0.4) is 0 Å². The number of hydrogen-bond donors (Lipinski definition) is 1. The molecule has 3 nitrogen and oxygen atoms in total. The molecule has 90 valence electrons. The number of ether oxygens (including phenoxy) is 1. The Morgan fingerprint density at radius 1 is 1.47 bits per heavy atom. The lowest BCUT2D eigenvalue weighted by Gasteiger charge is -2.36. The Hall–Kier alpha value is -0.890. The van der Waals surface area contributed by atoms with Gasteiger partial charge in [0.2, 0.25) is 0 Å². The molecule has 0 saturated carbocycles. The van der Waals surface area contributed by atoms with E-state index in [0.717, 1.165) is 10.0 Å². The van der Waals surface area contributed by atoms with Crippen molar-refractivity contribution in [3.05, 3.63) is 34.3 Å². The molecule has 1 aromatic carbocycles. The number of nitriles is 1. The van der Waals surface area contributed by atoms with Gasteiger partial charge >= 0.3 is 0 Å². The van der Waals surface area contributed by atoms with Gasteiger partial charge in [0.05, 0.1) is 12.7 Å². The normalized spacial score (nSPS) is 27.4. The molecule has 2 rings (SSSR count). The number of halogens is 1. The highest BCUT2D eigenvalue weighted by Gasteiger charge is 2.51. The lowest BCUT2D eigenvalue weighted by atomic mass is 9.70. The molecule has 1 aromatic rings. The fraction of sp³-hybridized carbons (Fsp3) is 0.462. The van der Waals surface area contributed by atoms with Crippen LogP contribution >= 0.6 is 15.9 Å². The predicted molar refractivity (Wildman–Crippen MR) is 67.2 cm³/mol. The molecule has 4 heteroatoms. The van der Waals surface area contributed by atoms with Gasteiger partial charge in [-0.05, 0) is 31.0 Å². The van der Waals surface area contributed by atoms with Crippen molar-refractivity contribution in [2.24, 2.45) is 5.41 Å². The number of aliphatic hydroxyl groups is 1. The van der Waals surface area contributed by atoms with Crippen LogP contribution in [0.15, 0.2) is 28.7 Å². The van der Waals surface area contributed by atoms with Gasteiger partial charge in [0.25, 0.3) is 0 Å². The summed E-state index contributed by atoms with van der Waals surface area (Å²) in [5.74, 6) is 0. The van der Waals surface area contributed by atoms with Gasteiger partial charge < -0.3 is 9.84 Å². The molecular formula is C13H14BrNO2. The molecular weight excluding hydrogens is 282 g/mol. The van der Waals surface area contributed by atoms with Crippen LogP contribution in [0.25, 0.3) is 0 Å². The molecule has 0 aromatic heterocycles. The van der Waals surface area contributed by atoms with E-state index in [1.807, 2.05) is 24.3 Å². The quantitative estimate of drug-likeness (QED) is 0.912. The Morgan fingerprint density at radius 2 is 2.12 bits per heavy atom. The molecule has 1 N–H and O–H groups in total. The number of benzene rings is 1. The van der Waals surface area contributed by atoms with Crippen molar-refractivity contribution in [1.82, 2.24) is 0 Å². The highest BCUT2D eigenvalue weighted by molar-refractivity contribution is 9.10. The summed E-state index contributed by atoms with van der Waals surface area (Å²) in [6, 6.07) is 9.65. The third-order valence-electron chi connectivity index (χ3n) is 3.57. The maximum atomic E-state index is 10.7. The van der Waals surface area contributed by atoms with Gasteiger partial charge in [0.1, 0.15) is 11.0 Å². The molecule has 0 aliphatic carbocycles. The van der Waals surface area contributed by atoms with Gasteiger partial charge in [-0.2, -0.15) is 5.26 Å². The molecule has 0 amide bonds. The van der Waals surface area contributed by atoms with E-state index >= 15 is 0 Å². The Labute approximate surface area is 109 Å². The molecule has 2 unspecified atom stereocenters. The Bertz CT molecular complexity index is 441. The molecule has 0 radical (unpaired) electrons. The van der Waals surface area contributed by atoms with Gasteiger partial charge in [-0.3, -0.25) is 0 Å². The highest BCUT2D eigenvalue weighted by atomic mass is 79.9. The second kappa shape index (κ2) is 4.41. The van der Waals surface area contributed by atoms with Crippen molar-refractivity contribution in [3.63, 3.8) is 0 Å². The summed E-state index contributed by atoms with van der Waals surface area (Å²) < 4.78 is 6.24. The van der Waals surface area contributed by atoms with Gasteiger partial charge in [-0.25, -0.2) is 0 Å². The first kappa shape index (κ1) is 12.6. The maximum absolute atomic E-state index is 10.7. The van der Waals surface area contributed by atoms with Crippen molar-refractivity contribution in [1.29, 1.82) is 5.26 Å². The summed E-state index contributed by atoms with van der Waals surface area (Å²) in [6.07, 6.45) is 0.562. The molecule has 1 fully saturated rings. The van der Waals surface area contributed by atoms with Crippen LogP contribution in [-0.2, 0) is 10.3 Å². The zero-order valence-corrected chi connectivity index (χ0v) is 11.2. The third-order valence-corrected chi connectivity index (χ3v) is 4.10. The Morgan fingerprint density at radius 3 is 2.59 bits per heavy atom. The van der Waals surface area contributed by atoms with E-state index in [1.54, 1.807) is 6.92 Å². The summed E-state index contributed by atoms with van der Waals surface area (Å²) in [4.78, 5) is 0. The lowest BCUT2D eigenvalue weighted by molar-refractivity contribution is -0.0481. The zero-order chi connectivity index (χ0) is 12.5. The smallest absolute Gasteiger partial charge is 0.115 e. The van der Waals surface area contributed by atoms with E-state index in [-0.39, 0.29) is 6.61 Å². The van der Waals surface area contributed by atoms with Crippen molar-refractivity contribution in [2.75, 3.05) is 13.2 Å². The minimum Gasteiger partial charge on any atom is -0.384 e. The molecule has 1 saturated heterocycles. The zero-order valence-electron chi connectivity index (χ0n) is 9.61. The van der Waals surface area contributed by atoms with Crippen LogP contribution in [-0.4, -0.2) is 18.3 Å². The third kappa shape index (κ3) is 1.99. The predicted octanol–water partition coefficient (Wildman–Crippen LogP) is 2.59. The molecule has 1 aliphatic rings. The van der Waals surface area contributed by atoms with Crippen LogP contribution in [0.5, 0.6) is 0 Å². The SMILES string of the molecule is CC(O)(c1ccc(Br)cc1)C1(C#N)CCOC1. The molecule has 2 atom stereocenters. The van der Waals surface area contributed by atoms with Crippen molar-refractivity contribution in [2.45, 2.75) is 18.9 Å². The van der Waals surface area contributed by atoms with E-state index in [9.17, 15) is 10.4 Å². The van der Waals surface area contributed by atoms with Crippen LogP contribution in [0.4, 0.5) is 0 Å². The molecule has 0 spiro atoms. The molecule has 1 aliphatic heterocycles. The van der Waals surface area contributed by atoms with Crippen molar-refractivity contribution in [3.8, 4) is 6.07 Å². The van der Waals surface area contributed by atoms with Gasteiger partial charge in [-0.1, -0.05) is 28.1 Å². The molecule has 17 heavy (non-hydrogen) atoms. The van der Waals surface area contributed by atoms with Crippen molar-refractivity contribution < 1.29 is 9.84 Å². The number of hydrogen-bond acceptors (Lipinski definition) is 3. The van der Waals surface area contributed by atoms with Gasteiger partial charge in [-0.15, -0.1) is 0 Å². The average Bonchev–Trinajstić information content (AvgIpc) is 2.79. The molecule has 1 heterocycles. The Kier molecular flexibility index (Phi) is 3.26. The minimum absolute atomic E-state index is 0.284. The fourth-order valence-electron chi connectivity index (χ4n) is 2.20. The molecule has 0 bridgehead atoms. The van der Waals surface area contributed by atoms with Crippen LogP contribution in [0, 0.1) is 16.7 Å². The summed E-state index contributed by atoms with van der Waals surface area (Å²) in [5, 5.41) is 20.1. The van der Waals surface area contributed by atoms with Crippen molar-refractivity contribution >= 4 is 15.9 Å². The van der Waals surface area contributed by atoms with E-state index in [1.165, 1.54) is 0 Å². The van der Waals surface area contributed by atoms with Crippen LogP contribution in [0.1, 0.15) is 18.9 Å². The van der Waals surface area contributed by atoms with E-state index < -0.39 is 11.0 Å². The largest absolute Gasteiger partial charge is 0.384 e. The maximum Gasteiger partial charge on any atom is 0.115 e. The van der Waals surface area contributed by atoms with Gasteiger partial charge in [0, 0.05) is 11.1 Å². The fourth-order valence-corrected chi connectivity index (χ4v) is 2.46. The summed E-state index contributed by atoms with van der Waals surface area (Å²) in [6.45, 7) is 2.50. The summed E-state index contributed by atoms with van der Waals surface area (Å²) in [7, 11) is 0. The monoisotopic (exact) mass is 295 g/mol. The van der Waals surface area contributed by atoms with E-state index in [2.05, 4.69) is 22.0 Å². The summed E-state index contributed by atoms with van der Waals surface area (Å²) >= 11 is 3.35. The van der Waals surface area contributed by atoms with Crippen LogP contribution in [0.2, 0.25) is 0 Å². The first-order valence-corrected chi connectivity index (χ1v) is 6.29. The highest BCUT2D eigenvalue weighted by Crippen LogP contribution is 2.45. The first-order chi connectivity index (χ1) is 8.02. The summed E-state index contributed by atoms with van der Waals surface area (Å²) in [5.41, 5.74) is -1.30. The average molecular weight is 296 g/mol. The number of rotatable bonds is 2. The minimum atomic E-state index is -1.20. The van der Waals surface area contributed by atoms with Crippen LogP contribution < -0.4 is 0 Å². The Balaban J connectivity index is 2.41. The second-order valence-electron chi connectivity index (χ2n) is 4.58. The van der Waals surface area contributed by atoms with E-state index in [0.29, 0.717) is 13.0 Å². The second-order valence-corrected chi connectivity index (χ2v) is 5.49. The first-order valence-electron chi connectivity index (χ1n) is 5.49. The van der Waals surface area contributed by atoms with E-state index in [4.69, 9.17) is 4.74 Å². The number of nitrogens with zero attached hydrogens (tertiary/aromatic N) is 1. The lowest BCUT2D eigenvalue weighted by Crippen LogP contribution is -2.43. The topological polar surface area (TPSA) is 53.2 Å². The standard InChI is InChI=1S/C13H14BrNO2/c1-12(16,10-2-4-11(14)5-3-10)13(8-15)6-7-17-9-13/h2-5,16H,6-7,9H2,1H3. The van der Waals surface area contributed by atoms with Gasteiger partial charge in [0.15, 0.2) is 0 Å².